The summed E-state index contributed by atoms with van der Waals surface area (Å²) in [7, 11) is 2.08. The molecule has 1 aliphatic heterocycles. The van der Waals surface area contributed by atoms with E-state index in [1.54, 1.807) is 6.92 Å². The highest BCUT2D eigenvalue weighted by molar-refractivity contribution is 5.97. The van der Waals surface area contributed by atoms with Gasteiger partial charge in [-0.1, -0.05) is 30.3 Å². The van der Waals surface area contributed by atoms with Crippen LogP contribution >= 0.6 is 0 Å². The number of carbonyl (C=O) groups is 1. The van der Waals surface area contributed by atoms with Crippen LogP contribution in [0.15, 0.2) is 41.6 Å². The van der Waals surface area contributed by atoms with Crippen molar-refractivity contribution in [3.8, 4) is 6.07 Å². The van der Waals surface area contributed by atoms with Gasteiger partial charge in [-0.3, -0.25) is 4.79 Å². The Hall–Kier alpha value is -2.36. The lowest BCUT2D eigenvalue weighted by molar-refractivity contribution is -0.117. The highest BCUT2D eigenvalue weighted by atomic mass is 16.1. The quantitative estimate of drug-likeness (QED) is 0.623. The molecule has 0 radical (unpaired) electrons. The number of likely N-dealkylation sites (N-methyl/N-ethyl adjacent to an activating group) is 1. The van der Waals surface area contributed by atoms with Gasteiger partial charge in [-0.05, 0) is 19.5 Å². The number of allylic oxidation sites excluding steroid dienone is 1. The lowest BCUT2D eigenvalue weighted by atomic mass is 10.2. The average molecular weight is 313 g/mol. The molecule has 6 nitrogen and oxygen atoms in total. The lowest BCUT2D eigenvalue weighted by Crippen LogP contribution is -2.50. The molecule has 0 aromatic heterocycles. The van der Waals surface area contributed by atoms with E-state index in [9.17, 15) is 10.1 Å². The number of nitrogens with one attached hydrogen (secondary N) is 2. The monoisotopic (exact) mass is 313 g/mol. The third-order valence-electron chi connectivity index (χ3n) is 3.84. The van der Waals surface area contributed by atoms with Crippen LogP contribution in [0.2, 0.25) is 0 Å². The van der Waals surface area contributed by atoms with E-state index < -0.39 is 0 Å². The predicted octanol–water partition coefficient (Wildman–Crippen LogP) is 0.852. The van der Waals surface area contributed by atoms with Gasteiger partial charge in [0.2, 0.25) is 0 Å². The zero-order valence-electron chi connectivity index (χ0n) is 13.7. The van der Waals surface area contributed by atoms with Crippen LogP contribution in [0.1, 0.15) is 12.5 Å². The SMILES string of the molecule is CC(NN1CCN(C)CC1)=C(C#N)C(=O)NCc1ccccc1. The van der Waals surface area contributed by atoms with Gasteiger partial charge in [0.25, 0.3) is 5.91 Å². The zero-order valence-corrected chi connectivity index (χ0v) is 13.7. The molecule has 0 unspecified atom stereocenters. The first-order chi connectivity index (χ1) is 11.1. The molecule has 1 aromatic carbocycles. The van der Waals surface area contributed by atoms with Gasteiger partial charge in [0.1, 0.15) is 11.6 Å². The molecular weight excluding hydrogens is 290 g/mol. The fourth-order valence-corrected chi connectivity index (χ4v) is 2.38. The maximum atomic E-state index is 12.2. The van der Waals surface area contributed by atoms with Crippen molar-refractivity contribution in [2.45, 2.75) is 13.5 Å². The highest BCUT2D eigenvalue weighted by Crippen LogP contribution is 2.05. The highest BCUT2D eigenvalue weighted by Gasteiger charge is 2.17. The Morgan fingerprint density at radius 3 is 2.48 bits per heavy atom. The van der Waals surface area contributed by atoms with Crippen LogP contribution in [0, 0.1) is 11.3 Å². The minimum Gasteiger partial charge on any atom is -0.347 e. The van der Waals surface area contributed by atoms with Crippen LogP contribution < -0.4 is 10.7 Å². The maximum Gasteiger partial charge on any atom is 0.264 e. The smallest absolute Gasteiger partial charge is 0.264 e. The van der Waals surface area contributed by atoms with Crippen LogP contribution in [0.25, 0.3) is 0 Å². The molecule has 1 heterocycles. The Kier molecular flexibility index (Phi) is 6.15. The largest absolute Gasteiger partial charge is 0.347 e. The van der Waals surface area contributed by atoms with Crippen LogP contribution in [-0.4, -0.2) is 49.0 Å². The molecule has 0 aliphatic carbocycles. The van der Waals surface area contributed by atoms with E-state index in [4.69, 9.17) is 0 Å². The third kappa shape index (κ3) is 5.09. The summed E-state index contributed by atoms with van der Waals surface area (Å²) in [6.07, 6.45) is 0. The molecule has 0 bridgehead atoms. The second kappa shape index (κ2) is 8.32. The van der Waals surface area contributed by atoms with Crippen molar-refractivity contribution in [1.82, 2.24) is 20.7 Å². The summed E-state index contributed by atoms with van der Waals surface area (Å²) in [4.78, 5) is 14.5. The summed E-state index contributed by atoms with van der Waals surface area (Å²) in [5, 5.41) is 14.1. The summed E-state index contributed by atoms with van der Waals surface area (Å²) in [6, 6.07) is 11.6. The van der Waals surface area contributed by atoms with Crippen LogP contribution in [0.4, 0.5) is 0 Å². The molecular formula is C17H23N5O. The van der Waals surface area contributed by atoms with Crippen molar-refractivity contribution in [2.24, 2.45) is 0 Å². The Labute approximate surface area is 137 Å². The first-order valence-electron chi connectivity index (χ1n) is 7.73. The standard InChI is InChI=1S/C17H23N5O/c1-14(20-22-10-8-21(2)9-11-22)16(12-18)17(23)19-13-15-6-4-3-5-7-15/h3-7,20H,8-11,13H2,1-2H3,(H,19,23). The predicted molar refractivity (Wildman–Crippen MR) is 88.8 cm³/mol. The van der Waals surface area contributed by atoms with E-state index in [1.165, 1.54) is 0 Å². The minimum atomic E-state index is -0.351. The van der Waals surface area contributed by atoms with Gasteiger partial charge in [0.15, 0.2) is 0 Å². The lowest BCUT2D eigenvalue weighted by Gasteiger charge is -2.33. The number of hydrogen-bond donors (Lipinski definition) is 2. The van der Waals surface area contributed by atoms with Crippen molar-refractivity contribution in [3.63, 3.8) is 0 Å². The van der Waals surface area contributed by atoms with Crippen molar-refractivity contribution >= 4 is 5.91 Å². The van der Waals surface area contributed by atoms with Crippen molar-refractivity contribution in [3.05, 3.63) is 47.2 Å². The van der Waals surface area contributed by atoms with Gasteiger partial charge >= 0.3 is 0 Å². The second-order valence-electron chi connectivity index (χ2n) is 5.68. The number of hydrogen-bond acceptors (Lipinski definition) is 5. The molecule has 122 valence electrons. The minimum absolute atomic E-state index is 0.125. The Bertz CT molecular complexity index is 597. The zero-order chi connectivity index (χ0) is 16.7. The number of nitrogens with zero attached hydrogens (tertiary/aromatic N) is 3. The summed E-state index contributed by atoms with van der Waals surface area (Å²) < 4.78 is 0. The van der Waals surface area contributed by atoms with E-state index in [0.717, 1.165) is 31.7 Å². The van der Waals surface area contributed by atoms with Crippen LogP contribution in [-0.2, 0) is 11.3 Å². The van der Waals surface area contributed by atoms with Crippen molar-refractivity contribution in [2.75, 3.05) is 33.2 Å². The number of carbonyl (C=O) groups excluding carboxylic acids is 1. The van der Waals surface area contributed by atoms with Gasteiger partial charge in [0, 0.05) is 38.4 Å². The van der Waals surface area contributed by atoms with Gasteiger partial charge in [-0.25, -0.2) is 5.01 Å². The molecule has 0 saturated carbocycles. The molecule has 1 amide bonds. The van der Waals surface area contributed by atoms with E-state index in [0.29, 0.717) is 12.2 Å². The molecule has 1 fully saturated rings. The molecule has 0 spiro atoms. The molecule has 1 aliphatic rings. The van der Waals surface area contributed by atoms with Gasteiger partial charge in [-0.15, -0.1) is 0 Å². The maximum absolute atomic E-state index is 12.2. The van der Waals surface area contributed by atoms with Crippen molar-refractivity contribution < 1.29 is 4.79 Å². The fraction of sp³-hybridized carbons (Fsp3) is 0.412. The van der Waals surface area contributed by atoms with Crippen LogP contribution in [0.3, 0.4) is 0 Å². The number of piperazine rings is 1. The number of benzene rings is 1. The van der Waals surface area contributed by atoms with E-state index in [2.05, 4.69) is 22.7 Å². The van der Waals surface area contributed by atoms with Gasteiger partial charge < -0.3 is 15.6 Å². The van der Waals surface area contributed by atoms with E-state index in [1.807, 2.05) is 41.4 Å². The van der Waals surface area contributed by atoms with E-state index in [-0.39, 0.29) is 11.5 Å². The van der Waals surface area contributed by atoms with Crippen molar-refractivity contribution in [1.29, 1.82) is 5.26 Å². The average Bonchev–Trinajstić information content (AvgIpc) is 2.57. The third-order valence-corrected chi connectivity index (χ3v) is 3.84. The fourth-order valence-electron chi connectivity index (χ4n) is 2.38. The number of nitriles is 1. The first-order valence-corrected chi connectivity index (χ1v) is 7.73. The number of amides is 1. The molecule has 2 rings (SSSR count). The number of rotatable bonds is 5. The summed E-state index contributed by atoms with van der Waals surface area (Å²) in [5.74, 6) is -0.351. The Balaban J connectivity index is 1.93. The van der Waals surface area contributed by atoms with Gasteiger partial charge in [-0.2, -0.15) is 5.26 Å². The summed E-state index contributed by atoms with van der Waals surface area (Å²) >= 11 is 0. The normalized spacial score (nSPS) is 17.1. The second-order valence-corrected chi connectivity index (χ2v) is 5.68. The Morgan fingerprint density at radius 2 is 1.87 bits per heavy atom. The molecule has 0 atom stereocenters. The molecule has 1 aromatic rings. The molecule has 23 heavy (non-hydrogen) atoms. The van der Waals surface area contributed by atoms with E-state index >= 15 is 0 Å². The topological polar surface area (TPSA) is 71.4 Å². The van der Waals surface area contributed by atoms with Gasteiger partial charge in [0.05, 0.1) is 0 Å². The summed E-state index contributed by atoms with van der Waals surface area (Å²) in [6.45, 7) is 5.81. The molecule has 2 N–H and O–H groups in total. The molecule has 1 saturated heterocycles. The summed E-state index contributed by atoms with van der Waals surface area (Å²) in [5.41, 5.74) is 4.89. The number of hydrazine groups is 1. The Morgan fingerprint density at radius 1 is 1.22 bits per heavy atom. The van der Waals surface area contributed by atoms with Crippen LogP contribution in [0.5, 0.6) is 0 Å². The first kappa shape index (κ1) is 17.0. The molecule has 6 heteroatoms.